The van der Waals surface area contributed by atoms with Crippen LogP contribution in [0.15, 0.2) is 54.6 Å². The summed E-state index contributed by atoms with van der Waals surface area (Å²) in [6.07, 6.45) is 2.26. The largest absolute Gasteiger partial charge is 0.496 e. The van der Waals surface area contributed by atoms with Crippen molar-refractivity contribution in [1.82, 2.24) is 4.98 Å². The topological polar surface area (TPSA) is 34.1 Å². The molecule has 110 valence electrons. The molecule has 3 aromatic rings. The number of hydrogen-bond donors (Lipinski definition) is 1. The summed E-state index contributed by atoms with van der Waals surface area (Å²) in [5.41, 5.74) is 3.80. The van der Waals surface area contributed by atoms with Crippen molar-refractivity contribution in [3.05, 3.63) is 65.7 Å². The highest BCUT2D eigenvalue weighted by Crippen LogP contribution is 2.34. The number of rotatable bonds is 3. The van der Waals surface area contributed by atoms with Crippen LogP contribution in [0.3, 0.4) is 0 Å². The molecule has 0 radical (unpaired) electrons. The molecular formula is C19H18N2O. The molecular weight excluding hydrogens is 272 g/mol. The van der Waals surface area contributed by atoms with Gasteiger partial charge in [-0.25, -0.2) is 4.98 Å². The minimum Gasteiger partial charge on any atom is -0.496 e. The molecule has 2 aromatic carbocycles. The Morgan fingerprint density at radius 1 is 1.05 bits per heavy atom. The third-order valence-corrected chi connectivity index (χ3v) is 4.37. The van der Waals surface area contributed by atoms with Gasteiger partial charge in [0.25, 0.3) is 0 Å². The number of benzene rings is 2. The zero-order chi connectivity index (χ0) is 14.9. The zero-order valence-corrected chi connectivity index (χ0v) is 12.5. The molecule has 0 saturated heterocycles. The third kappa shape index (κ3) is 2.19. The molecule has 22 heavy (non-hydrogen) atoms. The number of fused-ring (bicyclic) bond motifs is 2. The normalized spacial score (nSPS) is 16.5. The molecule has 0 aliphatic heterocycles. The number of anilines is 1. The van der Waals surface area contributed by atoms with E-state index in [0.29, 0.717) is 6.04 Å². The van der Waals surface area contributed by atoms with E-state index in [1.54, 1.807) is 7.11 Å². The lowest BCUT2D eigenvalue weighted by Gasteiger charge is -2.15. The Morgan fingerprint density at radius 2 is 1.95 bits per heavy atom. The van der Waals surface area contributed by atoms with Gasteiger partial charge in [0, 0.05) is 5.39 Å². The first-order valence-corrected chi connectivity index (χ1v) is 7.63. The average Bonchev–Trinajstić information content (AvgIpc) is 2.97. The van der Waals surface area contributed by atoms with Crippen LogP contribution in [0.2, 0.25) is 0 Å². The molecule has 1 atom stereocenters. The lowest BCUT2D eigenvalue weighted by molar-refractivity contribution is 0.420. The molecule has 0 amide bonds. The second kappa shape index (κ2) is 5.34. The average molecular weight is 290 g/mol. The van der Waals surface area contributed by atoms with Crippen LogP contribution in [0, 0.1) is 0 Å². The van der Waals surface area contributed by atoms with Crippen LogP contribution in [0.5, 0.6) is 5.75 Å². The number of ether oxygens (including phenoxy) is 1. The van der Waals surface area contributed by atoms with Gasteiger partial charge in [-0.3, -0.25) is 0 Å². The monoisotopic (exact) mass is 290 g/mol. The minimum absolute atomic E-state index is 0.353. The fourth-order valence-corrected chi connectivity index (χ4v) is 3.27. The van der Waals surface area contributed by atoms with Crippen LogP contribution < -0.4 is 10.1 Å². The van der Waals surface area contributed by atoms with Crippen molar-refractivity contribution in [2.45, 2.75) is 18.9 Å². The maximum atomic E-state index is 5.39. The summed E-state index contributed by atoms with van der Waals surface area (Å²) in [5, 5.41) is 4.62. The smallest absolute Gasteiger partial charge is 0.128 e. The maximum absolute atomic E-state index is 5.39. The van der Waals surface area contributed by atoms with Crippen molar-refractivity contribution >= 4 is 16.7 Å². The van der Waals surface area contributed by atoms with Gasteiger partial charge in [-0.1, -0.05) is 30.3 Å². The van der Waals surface area contributed by atoms with Gasteiger partial charge < -0.3 is 10.1 Å². The molecule has 1 N–H and O–H groups in total. The molecule has 1 aromatic heterocycles. The molecule has 4 rings (SSSR count). The molecule has 1 aliphatic rings. The van der Waals surface area contributed by atoms with E-state index in [4.69, 9.17) is 9.72 Å². The molecule has 1 aliphatic carbocycles. The van der Waals surface area contributed by atoms with E-state index < -0.39 is 0 Å². The van der Waals surface area contributed by atoms with Gasteiger partial charge >= 0.3 is 0 Å². The highest BCUT2D eigenvalue weighted by atomic mass is 16.5. The molecule has 0 bridgehead atoms. The van der Waals surface area contributed by atoms with E-state index in [-0.39, 0.29) is 0 Å². The van der Waals surface area contributed by atoms with Crippen molar-refractivity contribution in [2.75, 3.05) is 12.4 Å². The van der Waals surface area contributed by atoms with Crippen molar-refractivity contribution in [3.63, 3.8) is 0 Å². The molecule has 0 fully saturated rings. The summed E-state index contributed by atoms with van der Waals surface area (Å²) in [6, 6.07) is 19.1. The summed E-state index contributed by atoms with van der Waals surface area (Å²) in [7, 11) is 1.69. The first kappa shape index (κ1) is 13.1. The van der Waals surface area contributed by atoms with E-state index in [2.05, 4.69) is 35.6 Å². The number of pyridine rings is 1. The van der Waals surface area contributed by atoms with Crippen LogP contribution >= 0.6 is 0 Å². The first-order valence-electron chi connectivity index (χ1n) is 7.63. The maximum Gasteiger partial charge on any atom is 0.128 e. The molecule has 0 spiro atoms. The molecule has 0 unspecified atom stereocenters. The summed E-state index contributed by atoms with van der Waals surface area (Å²) < 4.78 is 5.39. The van der Waals surface area contributed by atoms with Crippen molar-refractivity contribution in [2.24, 2.45) is 0 Å². The van der Waals surface area contributed by atoms with Gasteiger partial charge in [-0.2, -0.15) is 0 Å². The van der Waals surface area contributed by atoms with Crippen molar-refractivity contribution < 1.29 is 4.74 Å². The van der Waals surface area contributed by atoms with Gasteiger partial charge in [0.1, 0.15) is 11.6 Å². The van der Waals surface area contributed by atoms with Gasteiger partial charge in [0.05, 0.1) is 18.7 Å². The Kier molecular flexibility index (Phi) is 3.19. The standard InChI is InChI=1S/C19H18N2O/c1-22-18-8-4-7-16-15(18)10-12-19(20-16)21-17-11-9-13-5-2-3-6-14(13)17/h2-8,10,12,17H,9,11H2,1H3,(H,20,21)/t17-/m1/s1. The third-order valence-electron chi connectivity index (χ3n) is 4.37. The van der Waals surface area contributed by atoms with Gasteiger partial charge in [-0.15, -0.1) is 0 Å². The minimum atomic E-state index is 0.353. The van der Waals surface area contributed by atoms with Gasteiger partial charge in [0.2, 0.25) is 0 Å². The van der Waals surface area contributed by atoms with Crippen molar-refractivity contribution in [1.29, 1.82) is 0 Å². The van der Waals surface area contributed by atoms with E-state index in [9.17, 15) is 0 Å². The highest BCUT2D eigenvalue weighted by molar-refractivity contribution is 5.86. The predicted octanol–water partition coefficient (Wildman–Crippen LogP) is 4.34. The van der Waals surface area contributed by atoms with Crippen LogP contribution in [-0.4, -0.2) is 12.1 Å². The van der Waals surface area contributed by atoms with E-state index in [1.165, 1.54) is 11.1 Å². The second-order valence-corrected chi connectivity index (χ2v) is 5.66. The molecule has 3 nitrogen and oxygen atoms in total. The van der Waals surface area contributed by atoms with Gasteiger partial charge in [-0.05, 0) is 48.2 Å². The summed E-state index contributed by atoms with van der Waals surface area (Å²) in [4.78, 5) is 4.73. The Morgan fingerprint density at radius 3 is 2.86 bits per heavy atom. The highest BCUT2D eigenvalue weighted by Gasteiger charge is 2.21. The van der Waals surface area contributed by atoms with Crippen LogP contribution in [0.4, 0.5) is 5.82 Å². The fourth-order valence-electron chi connectivity index (χ4n) is 3.27. The lowest BCUT2D eigenvalue weighted by atomic mass is 10.1. The number of methoxy groups -OCH3 is 1. The van der Waals surface area contributed by atoms with Crippen LogP contribution in [-0.2, 0) is 6.42 Å². The molecule has 3 heteroatoms. The Hall–Kier alpha value is -2.55. The summed E-state index contributed by atoms with van der Waals surface area (Å²) >= 11 is 0. The molecule has 1 heterocycles. The number of aryl methyl sites for hydroxylation is 1. The fraction of sp³-hybridized carbons (Fsp3) is 0.211. The molecule has 0 saturated carbocycles. The predicted molar refractivity (Wildman–Crippen MR) is 89.4 cm³/mol. The quantitative estimate of drug-likeness (QED) is 0.779. The van der Waals surface area contributed by atoms with Crippen LogP contribution in [0.1, 0.15) is 23.6 Å². The van der Waals surface area contributed by atoms with E-state index >= 15 is 0 Å². The zero-order valence-electron chi connectivity index (χ0n) is 12.5. The first-order chi connectivity index (χ1) is 10.8. The van der Waals surface area contributed by atoms with E-state index in [0.717, 1.165) is 35.3 Å². The van der Waals surface area contributed by atoms with E-state index in [1.807, 2.05) is 24.3 Å². The summed E-state index contributed by atoms with van der Waals surface area (Å²) in [5.74, 6) is 1.78. The Labute approximate surface area is 130 Å². The van der Waals surface area contributed by atoms with Crippen molar-refractivity contribution in [3.8, 4) is 5.75 Å². The summed E-state index contributed by atoms with van der Waals surface area (Å²) in [6.45, 7) is 0. The number of nitrogens with zero attached hydrogens (tertiary/aromatic N) is 1. The van der Waals surface area contributed by atoms with Crippen LogP contribution in [0.25, 0.3) is 10.9 Å². The number of aromatic nitrogens is 1. The lowest BCUT2D eigenvalue weighted by Crippen LogP contribution is -2.08. The number of nitrogens with one attached hydrogen (secondary N) is 1. The Balaban J connectivity index is 1.66. The Bertz CT molecular complexity index is 829. The van der Waals surface area contributed by atoms with Gasteiger partial charge in [0.15, 0.2) is 0 Å². The second-order valence-electron chi connectivity index (χ2n) is 5.66. The number of hydrogen-bond acceptors (Lipinski definition) is 3. The SMILES string of the molecule is COc1cccc2nc(N[C@@H]3CCc4ccccc43)ccc12.